The first-order valence-electron chi connectivity index (χ1n) is 13.9. The Labute approximate surface area is 259 Å². The molecular formula is C29H37N7O9. The molecule has 0 fully saturated rings. The Bertz CT molecular complexity index is 1500. The van der Waals surface area contributed by atoms with E-state index in [2.05, 4.69) is 20.3 Å². The van der Waals surface area contributed by atoms with E-state index in [-0.39, 0.29) is 36.7 Å². The van der Waals surface area contributed by atoms with Crippen molar-refractivity contribution in [2.45, 2.75) is 65.9 Å². The van der Waals surface area contributed by atoms with Crippen LogP contribution in [-0.4, -0.2) is 90.5 Å². The molecule has 0 aliphatic rings. The summed E-state index contributed by atoms with van der Waals surface area (Å²) in [5.41, 5.74) is -1.08. The maximum Gasteiger partial charge on any atom is 0.425 e. The number of rotatable bonds is 10. The number of carboxylic acid groups (broad SMARTS) is 1. The summed E-state index contributed by atoms with van der Waals surface area (Å²) in [5, 5.41) is 11.9. The molecule has 16 heteroatoms. The SMILES string of the molecule is CC(C)(C)OC(=O)N(C(=O)OC(C)(C)C)c1ncnc2c1ncn2CC(=O)N(CCNC(=O)OCc1ccccc1)CC(=O)O. The smallest absolute Gasteiger partial charge is 0.425 e. The van der Waals surface area contributed by atoms with Crippen LogP contribution in [0.15, 0.2) is 43.0 Å². The minimum Gasteiger partial charge on any atom is -0.480 e. The topological polar surface area (TPSA) is 195 Å². The third-order valence-electron chi connectivity index (χ3n) is 5.59. The molecule has 16 nitrogen and oxygen atoms in total. The van der Waals surface area contributed by atoms with Crippen molar-refractivity contribution in [1.82, 2.24) is 29.7 Å². The van der Waals surface area contributed by atoms with Crippen LogP contribution in [0.2, 0.25) is 0 Å². The standard InChI is InChI=1S/C29H37N7O9/c1-28(2,3)44-26(41)36(27(42)45-29(4,5)6)24-22-23(31-17-32-24)35(18-33-22)14-20(37)34(15-21(38)39)13-12-30-25(40)43-16-19-10-8-7-9-11-19/h7-11,17-18H,12-16H2,1-6H3,(H,30,40)(H,38,39). The van der Waals surface area contributed by atoms with Crippen molar-refractivity contribution in [2.75, 3.05) is 24.5 Å². The maximum absolute atomic E-state index is 13.2. The fraction of sp³-hybridized carbons (Fsp3) is 0.448. The summed E-state index contributed by atoms with van der Waals surface area (Å²) in [6.07, 6.45) is -0.552. The molecule has 0 saturated carbocycles. The molecule has 3 rings (SSSR count). The lowest BCUT2D eigenvalue weighted by molar-refractivity contribution is -0.144. The average molecular weight is 628 g/mol. The molecule has 0 atom stereocenters. The highest BCUT2D eigenvalue weighted by Gasteiger charge is 2.35. The van der Waals surface area contributed by atoms with Gasteiger partial charge < -0.3 is 34.1 Å². The molecule has 0 spiro atoms. The van der Waals surface area contributed by atoms with Crippen LogP contribution in [0, 0.1) is 0 Å². The molecule has 1 aromatic carbocycles. The molecule has 0 radical (unpaired) electrons. The van der Waals surface area contributed by atoms with Crippen molar-refractivity contribution in [1.29, 1.82) is 0 Å². The number of alkyl carbamates (subject to hydrolysis) is 1. The number of carboxylic acids is 1. The monoisotopic (exact) mass is 627 g/mol. The number of nitrogens with one attached hydrogen (secondary N) is 1. The van der Waals surface area contributed by atoms with Crippen LogP contribution in [0.25, 0.3) is 11.2 Å². The highest BCUT2D eigenvalue weighted by atomic mass is 16.6. The van der Waals surface area contributed by atoms with Gasteiger partial charge in [0.1, 0.15) is 37.2 Å². The number of hydrogen-bond donors (Lipinski definition) is 2. The minimum absolute atomic E-state index is 0.0189. The van der Waals surface area contributed by atoms with Gasteiger partial charge in [-0.1, -0.05) is 30.3 Å². The number of imide groups is 1. The number of imidazole rings is 1. The van der Waals surface area contributed by atoms with E-state index < -0.39 is 54.4 Å². The van der Waals surface area contributed by atoms with Gasteiger partial charge in [0.15, 0.2) is 17.0 Å². The number of aliphatic carboxylic acids is 1. The molecule has 0 bridgehead atoms. The van der Waals surface area contributed by atoms with Crippen molar-refractivity contribution in [2.24, 2.45) is 0 Å². The Morgan fingerprint density at radius 1 is 0.911 bits per heavy atom. The second kappa shape index (κ2) is 14.5. The van der Waals surface area contributed by atoms with Crippen molar-refractivity contribution in [3.05, 3.63) is 48.5 Å². The van der Waals surface area contributed by atoms with Crippen LogP contribution in [0.5, 0.6) is 0 Å². The van der Waals surface area contributed by atoms with Gasteiger partial charge in [-0.25, -0.2) is 29.3 Å². The number of ether oxygens (including phenoxy) is 3. The van der Waals surface area contributed by atoms with Crippen LogP contribution in [0.3, 0.4) is 0 Å². The summed E-state index contributed by atoms with van der Waals surface area (Å²) in [6.45, 7) is 8.53. The minimum atomic E-state index is -1.26. The Morgan fingerprint density at radius 3 is 2.11 bits per heavy atom. The predicted molar refractivity (Wildman–Crippen MR) is 159 cm³/mol. The van der Waals surface area contributed by atoms with Gasteiger partial charge in [-0.15, -0.1) is 0 Å². The Balaban J connectivity index is 1.77. The lowest BCUT2D eigenvalue weighted by Crippen LogP contribution is -2.44. The summed E-state index contributed by atoms with van der Waals surface area (Å²) in [5.74, 6) is -2.14. The normalized spacial score (nSPS) is 11.4. The van der Waals surface area contributed by atoms with Gasteiger partial charge in [0.25, 0.3) is 0 Å². The first kappa shape index (κ1) is 34.2. The Hall–Kier alpha value is -5.28. The van der Waals surface area contributed by atoms with Gasteiger partial charge in [0.2, 0.25) is 5.91 Å². The highest BCUT2D eigenvalue weighted by Crippen LogP contribution is 2.26. The van der Waals surface area contributed by atoms with Crippen LogP contribution >= 0.6 is 0 Å². The van der Waals surface area contributed by atoms with Crippen LogP contribution < -0.4 is 10.2 Å². The average Bonchev–Trinajstić information content (AvgIpc) is 3.33. The lowest BCUT2D eigenvalue weighted by atomic mass is 10.2. The molecule has 45 heavy (non-hydrogen) atoms. The molecule has 2 aromatic heterocycles. The summed E-state index contributed by atoms with van der Waals surface area (Å²) in [4.78, 5) is 77.1. The maximum atomic E-state index is 13.2. The quantitative estimate of drug-likeness (QED) is 0.312. The van der Waals surface area contributed by atoms with Crippen LogP contribution in [-0.2, 0) is 37.0 Å². The first-order chi connectivity index (χ1) is 21.0. The number of aromatic nitrogens is 4. The number of carbonyl (C=O) groups is 5. The number of anilines is 1. The van der Waals surface area contributed by atoms with E-state index in [4.69, 9.17) is 14.2 Å². The second-order valence-corrected chi connectivity index (χ2v) is 11.7. The fourth-order valence-corrected chi connectivity index (χ4v) is 3.78. The van der Waals surface area contributed by atoms with Crippen molar-refractivity contribution < 1.29 is 43.3 Å². The lowest BCUT2D eigenvalue weighted by Gasteiger charge is -2.28. The Kier molecular flexibility index (Phi) is 11.0. The molecule has 2 heterocycles. The molecule has 0 saturated heterocycles. The molecule has 4 amide bonds. The molecular weight excluding hydrogens is 590 g/mol. The summed E-state index contributed by atoms with van der Waals surface area (Å²) < 4.78 is 17.3. The van der Waals surface area contributed by atoms with Gasteiger partial charge >= 0.3 is 24.2 Å². The van der Waals surface area contributed by atoms with E-state index in [1.54, 1.807) is 65.8 Å². The highest BCUT2D eigenvalue weighted by molar-refractivity contribution is 6.12. The Morgan fingerprint density at radius 2 is 1.53 bits per heavy atom. The second-order valence-electron chi connectivity index (χ2n) is 11.7. The number of amides is 4. The number of nitrogens with zero attached hydrogens (tertiary/aromatic N) is 6. The van der Waals surface area contributed by atoms with Gasteiger partial charge in [0.05, 0.1) is 6.33 Å². The number of carbonyl (C=O) groups excluding carboxylic acids is 4. The first-order valence-corrected chi connectivity index (χ1v) is 13.9. The zero-order chi connectivity index (χ0) is 33.4. The summed E-state index contributed by atoms with van der Waals surface area (Å²) in [7, 11) is 0. The van der Waals surface area contributed by atoms with E-state index in [9.17, 15) is 29.1 Å². The third-order valence-corrected chi connectivity index (χ3v) is 5.59. The van der Waals surface area contributed by atoms with E-state index in [1.165, 1.54) is 10.9 Å². The van der Waals surface area contributed by atoms with Gasteiger partial charge in [-0.2, -0.15) is 4.90 Å². The van der Waals surface area contributed by atoms with Gasteiger partial charge in [0, 0.05) is 13.1 Å². The summed E-state index contributed by atoms with van der Waals surface area (Å²) in [6, 6.07) is 9.03. The number of benzene rings is 1. The third kappa shape index (κ3) is 10.4. The van der Waals surface area contributed by atoms with Crippen LogP contribution in [0.1, 0.15) is 47.1 Å². The predicted octanol–water partition coefficient (Wildman–Crippen LogP) is 3.34. The van der Waals surface area contributed by atoms with Gasteiger partial charge in [-0.05, 0) is 47.1 Å². The molecule has 0 unspecified atom stereocenters. The van der Waals surface area contributed by atoms with Crippen molar-refractivity contribution in [3.8, 4) is 0 Å². The zero-order valence-corrected chi connectivity index (χ0v) is 26.0. The number of hydrogen-bond acceptors (Lipinski definition) is 11. The van der Waals surface area contributed by atoms with Crippen molar-refractivity contribution >= 4 is 47.1 Å². The molecule has 0 aliphatic carbocycles. The molecule has 242 valence electrons. The van der Waals surface area contributed by atoms with E-state index in [1.807, 2.05) is 6.07 Å². The molecule has 0 aliphatic heterocycles. The largest absolute Gasteiger partial charge is 0.480 e. The molecule has 2 N–H and O–H groups in total. The summed E-state index contributed by atoms with van der Waals surface area (Å²) >= 11 is 0. The number of fused-ring (bicyclic) bond motifs is 1. The van der Waals surface area contributed by atoms with Crippen molar-refractivity contribution in [3.63, 3.8) is 0 Å². The fourth-order valence-electron chi connectivity index (χ4n) is 3.78. The van der Waals surface area contributed by atoms with E-state index in [0.29, 0.717) is 4.90 Å². The van der Waals surface area contributed by atoms with E-state index in [0.717, 1.165) is 16.8 Å². The van der Waals surface area contributed by atoms with E-state index >= 15 is 0 Å². The molecule has 3 aromatic rings. The zero-order valence-electron chi connectivity index (χ0n) is 26.0. The van der Waals surface area contributed by atoms with Gasteiger partial charge in [-0.3, -0.25) is 9.59 Å². The van der Waals surface area contributed by atoms with Crippen LogP contribution in [0.4, 0.5) is 20.2 Å².